The van der Waals surface area contributed by atoms with Crippen LogP contribution in [0.2, 0.25) is 0 Å². The largest absolute Gasteiger partial charge is 0.456 e. The fraction of sp³-hybridized carbons (Fsp3) is 0.474. The van der Waals surface area contributed by atoms with E-state index in [-0.39, 0.29) is 6.54 Å². The van der Waals surface area contributed by atoms with Gasteiger partial charge in [-0.3, -0.25) is 19.4 Å². The molecule has 4 rings (SSSR count). The molecule has 0 aromatic heterocycles. The van der Waals surface area contributed by atoms with Crippen molar-refractivity contribution in [1.29, 1.82) is 0 Å². The van der Waals surface area contributed by atoms with Crippen LogP contribution in [0.15, 0.2) is 60.2 Å². The molecule has 2 fully saturated rings. The van der Waals surface area contributed by atoms with Crippen molar-refractivity contribution in [2.45, 2.75) is 91.0 Å². The first-order chi connectivity index (χ1) is 23.5. The summed E-state index contributed by atoms with van der Waals surface area (Å²) >= 11 is 0. The van der Waals surface area contributed by atoms with E-state index >= 15 is 0 Å². The van der Waals surface area contributed by atoms with Crippen molar-refractivity contribution in [2.75, 3.05) is 26.3 Å². The van der Waals surface area contributed by atoms with E-state index in [1.807, 2.05) is 13.0 Å². The molecular formula is C38H46N2O10. The molecule has 268 valence electrons. The smallest absolute Gasteiger partial charge is 0.411 e. The maximum atomic E-state index is 12.9. The average molecular weight is 691 g/mol. The normalized spacial score (nSPS) is 18.5. The fourth-order valence-corrected chi connectivity index (χ4v) is 5.56. The van der Waals surface area contributed by atoms with Crippen LogP contribution >= 0.6 is 0 Å². The van der Waals surface area contributed by atoms with Gasteiger partial charge in [-0.2, -0.15) is 0 Å². The molecule has 12 nitrogen and oxygen atoms in total. The molecule has 0 saturated carbocycles. The summed E-state index contributed by atoms with van der Waals surface area (Å²) in [4.78, 5) is 79.2. The van der Waals surface area contributed by atoms with E-state index in [0.29, 0.717) is 36.9 Å². The van der Waals surface area contributed by atoms with Crippen molar-refractivity contribution in [3.63, 3.8) is 0 Å². The average Bonchev–Trinajstić information content (AvgIpc) is 3.73. The van der Waals surface area contributed by atoms with E-state index in [2.05, 4.69) is 0 Å². The molecule has 2 atom stereocenters. The first kappa shape index (κ1) is 37.8. The topological polar surface area (TPSA) is 146 Å². The zero-order valence-electron chi connectivity index (χ0n) is 29.8. The van der Waals surface area contributed by atoms with Crippen LogP contribution < -0.4 is 0 Å². The highest BCUT2D eigenvalue weighted by atomic mass is 16.6. The fourth-order valence-electron chi connectivity index (χ4n) is 5.56. The number of hydrogen-bond donors (Lipinski definition) is 0. The Labute approximate surface area is 292 Å². The molecule has 2 aromatic carbocycles. The zero-order valence-corrected chi connectivity index (χ0v) is 29.8. The third kappa shape index (κ3) is 10.0. The van der Waals surface area contributed by atoms with E-state index < -0.39 is 72.2 Å². The van der Waals surface area contributed by atoms with Crippen molar-refractivity contribution in [2.24, 2.45) is 0 Å². The van der Waals surface area contributed by atoms with Gasteiger partial charge in [0.25, 0.3) is 0 Å². The minimum atomic E-state index is -0.880. The Morgan fingerprint density at radius 3 is 1.56 bits per heavy atom. The number of ether oxygens (including phenoxy) is 4. The van der Waals surface area contributed by atoms with Gasteiger partial charge in [0.15, 0.2) is 24.8 Å². The molecule has 2 aliphatic heterocycles. The van der Waals surface area contributed by atoms with Gasteiger partial charge in [-0.1, -0.05) is 60.2 Å². The zero-order chi connectivity index (χ0) is 36.8. The van der Waals surface area contributed by atoms with Gasteiger partial charge in [0, 0.05) is 30.6 Å². The number of carbonyl (C=O) groups excluding carboxylic acids is 6. The van der Waals surface area contributed by atoms with Crippen LogP contribution in [0.1, 0.15) is 88.4 Å². The predicted molar refractivity (Wildman–Crippen MR) is 184 cm³/mol. The SMILES string of the molecule is C/C=C1\C[C@@H](C(=O)OCC(=O)c2ccc(-c3ccc(C(=O)COC(=O)[C@@H]4CCCN4C(=O)OC(C)(C)C)cc3)cc2)N(C(=O)OC(C)(C)C)C1. The molecule has 2 aliphatic rings. The lowest BCUT2D eigenvalue weighted by Crippen LogP contribution is -2.44. The highest BCUT2D eigenvalue weighted by Gasteiger charge is 2.40. The second-order valence-electron chi connectivity index (χ2n) is 14.3. The summed E-state index contributed by atoms with van der Waals surface area (Å²) < 4.78 is 21.5. The van der Waals surface area contributed by atoms with E-state index in [1.54, 1.807) is 90.1 Å². The third-order valence-electron chi connectivity index (χ3n) is 8.10. The molecule has 2 amide bonds. The second kappa shape index (κ2) is 15.7. The number of amides is 2. The van der Waals surface area contributed by atoms with E-state index in [0.717, 1.165) is 16.7 Å². The van der Waals surface area contributed by atoms with Gasteiger partial charge in [0.1, 0.15) is 23.3 Å². The van der Waals surface area contributed by atoms with Crippen LogP contribution in [-0.4, -0.2) is 95.1 Å². The first-order valence-electron chi connectivity index (χ1n) is 16.7. The molecule has 50 heavy (non-hydrogen) atoms. The predicted octanol–water partition coefficient (Wildman–Crippen LogP) is 6.16. The third-order valence-corrected chi connectivity index (χ3v) is 8.10. The summed E-state index contributed by atoms with van der Waals surface area (Å²) in [5, 5.41) is 0. The Hall–Kier alpha value is -5.00. The van der Waals surface area contributed by atoms with Crippen LogP contribution in [0.5, 0.6) is 0 Å². The van der Waals surface area contributed by atoms with Gasteiger partial charge < -0.3 is 18.9 Å². The summed E-state index contributed by atoms with van der Waals surface area (Å²) in [6.07, 6.45) is 2.01. The Morgan fingerprint density at radius 1 is 0.680 bits per heavy atom. The second-order valence-corrected chi connectivity index (χ2v) is 14.3. The van der Waals surface area contributed by atoms with E-state index in [1.165, 1.54) is 9.80 Å². The van der Waals surface area contributed by atoms with E-state index in [9.17, 15) is 28.8 Å². The number of hydrogen-bond acceptors (Lipinski definition) is 10. The summed E-state index contributed by atoms with van der Waals surface area (Å²) in [5.74, 6) is -2.12. The molecule has 2 saturated heterocycles. The first-order valence-corrected chi connectivity index (χ1v) is 16.7. The minimum Gasteiger partial charge on any atom is -0.456 e. The number of nitrogens with zero attached hydrogens (tertiary/aromatic N) is 2. The van der Waals surface area contributed by atoms with Crippen molar-refractivity contribution in [3.8, 4) is 11.1 Å². The molecular weight excluding hydrogens is 644 g/mol. The standard InChI is InChI=1S/C38H46N2O10/c1-8-24-20-30(40(21-24)36(46)50-38(5,6)7)34(44)48-23-32(42)28-17-13-26(14-18-28)25-11-15-27(16-12-25)31(41)22-47-33(43)29-10-9-19-39(29)35(45)49-37(2,3)4/h8,11-18,29-30H,9-10,19-23H2,1-7H3/b24-8+/t29-,30-/m0/s1. The lowest BCUT2D eigenvalue weighted by molar-refractivity contribution is -0.148. The van der Waals surface area contributed by atoms with Crippen LogP contribution in [0.25, 0.3) is 11.1 Å². The van der Waals surface area contributed by atoms with Gasteiger partial charge in [-0.15, -0.1) is 0 Å². The highest BCUT2D eigenvalue weighted by Crippen LogP contribution is 2.27. The van der Waals surface area contributed by atoms with Crippen molar-refractivity contribution >= 4 is 35.7 Å². The van der Waals surface area contributed by atoms with Gasteiger partial charge in [-0.25, -0.2) is 19.2 Å². The number of rotatable bonds is 9. The summed E-state index contributed by atoms with van der Waals surface area (Å²) in [5.41, 5.74) is 1.72. The lowest BCUT2D eigenvalue weighted by Gasteiger charge is -2.27. The number of carbonyl (C=O) groups is 6. The number of ketones is 2. The van der Waals surface area contributed by atoms with Crippen molar-refractivity contribution < 1.29 is 47.7 Å². The molecule has 0 bridgehead atoms. The van der Waals surface area contributed by atoms with Gasteiger partial charge in [-0.05, 0) is 72.4 Å². The molecule has 0 N–H and O–H groups in total. The molecule has 0 spiro atoms. The molecule has 12 heteroatoms. The molecule has 2 heterocycles. The number of allylic oxidation sites excluding steroid dienone is 1. The summed E-state index contributed by atoms with van der Waals surface area (Å²) in [6, 6.07) is 11.8. The number of esters is 2. The Morgan fingerprint density at radius 2 is 1.12 bits per heavy atom. The monoisotopic (exact) mass is 690 g/mol. The maximum Gasteiger partial charge on any atom is 0.411 e. The number of likely N-dealkylation sites (tertiary alicyclic amines) is 2. The van der Waals surface area contributed by atoms with Gasteiger partial charge in [0.05, 0.1) is 0 Å². The summed E-state index contributed by atoms with van der Waals surface area (Å²) in [7, 11) is 0. The molecule has 0 radical (unpaired) electrons. The van der Waals surface area contributed by atoms with Gasteiger partial charge in [0.2, 0.25) is 0 Å². The Balaban J connectivity index is 1.28. The van der Waals surface area contributed by atoms with Crippen molar-refractivity contribution in [3.05, 3.63) is 71.3 Å². The van der Waals surface area contributed by atoms with Crippen LogP contribution in [0, 0.1) is 0 Å². The van der Waals surface area contributed by atoms with Crippen LogP contribution in [0.4, 0.5) is 9.59 Å². The number of benzene rings is 2. The van der Waals surface area contributed by atoms with Crippen molar-refractivity contribution in [1.82, 2.24) is 9.80 Å². The minimum absolute atomic E-state index is 0.250. The lowest BCUT2D eigenvalue weighted by atomic mass is 10.0. The van der Waals surface area contributed by atoms with E-state index in [4.69, 9.17) is 18.9 Å². The Kier molecular flexibility index (Phi) is 11.9. The quantitative estimate of drug-likeness (QED) is 0.130. The molecule has 0 unspecified atom stereocenters. The van der Waals surface area contributed by atoms with Crippen LogP contribution in [0.3, 0.4) is 0 Å². The Bertz CT molecular complexity index is 1630. The number of Topliss-reactive ketones (excluding diaryl/α,β-unsaturated/α-hetero) is 2. The summed E-state index contributed by atoms with van der Waals surface area (Å²) in [6.45, 7) is 12.0. The molecule has 2 aromatic rings. The van der Waals surface area contributed by atoms with Gasteiger partial charge >= 0.3 is 24.1 Å². The highest BCUT2D eigenvalue weighted by molar-refractivity contribution is 6.00. The maximum absolute atomic E-state index is 12.9. The van der Waals surface area contributed by atoms with Crippen LogP contribution in [-0.2, 0) is 28.5 Å². The molecule has 0 aliphatic carbocycles.